The van der Waals surface area contributed by atoms with Crippen molar-refractivity contribution in [3.05, 3.63) is 29.8 Å². The van der Waals surface area contributed by atoms with Gasteiger partial charge in [-0.3, -0.25) is 4.79 Å². The maximum absolute atomic E-state index is 12.2. The molecule has 0 spiro atoms. The molecule has 0 aromatic heterocycles. The van der Waals surface area contributed by atoms with Crippen molar-refractivity contribution in [2.24, 2.45) is 5.92 Å². The van der Waals surface area contributed by atoms with Crippen molar-refractivity contribution in [2.75, 3.05) is 6.54 Å². The molecule has 0 radical (unpaired) electrons. The van der Waals surface area contributed by atoms with Gasteiger partial charge in [-0.1, -0.05) is 18.6 Å². The van der Waals surface area contributed by atoms with E-state index in [1.807, 2.05) is 0 Å². The molecule has 1 amide bonds. The SMILES string of the molecule is O=C(Cc1cccc(OC(F)F)c1)NCC1CCCC(O)C1. The van der Waals surface area contributed by atoms with Gasteiger partial charge in [0.15, 0.2) is 0 Å². The van der Waals surface area contributed by atoms with Crippen LogP contribution in [0.15, 0.2) is 24.3 Å². The van der Waals surface area contributed by atoms with E-state index in [-0.39, 0.29) is 24.2 Å². The Morgan fingerprint density at radius 3 is 2.95 bits per heavy atom. The van der Waals surface area contributed by atoms with Gasteiger partial charge in [-0.05, 0) is 42.9 Å². The lowest BCUT2D eigenvalue weighted by Gasteiger charge is -2.25. The van der Waals surface area contributed by atoms with Gasteiger partial charge in [0.1, 0.15) is 5.75 Å². The first-order valence-electron chi connectivity index (χ1n) is 7.51. The molecule has 0 heterocycles. The van der Waals surface area contributed by atoms with Gasteiger partial charge in [0.05, 0.1) is 12.5 Å². The Balaban J connectivity index is 1.79. The van der Waals surface area contributed by atoms with Crippen molar-refractivity contribution in [1.82, 2.24) is 5.32 Å². The first kappa shape index (κ1) is 16.7. The molecular formula is C16H21F2NO3. The summed E-state index contributed by atoms with van der Waals surface area (Å²) in [6, 6.07) is 6.15. The van der Waals surface area contributed by atoms with E-state index in [0.29, 0.717) is 18.0 Å². The molecule has 1 aromatic rings. The fraction of sp³-hybridized carbons (Fsp3) is 0.562. The van der Waals surface area contributed by atoms with Crippen LogP contribution in [0, 0.1) is 5.92 Å². The lowest BCUT2D eigenvalue weighted by atomic mass is 9.87. The lowest BCUT2D eigenvalue weighted by molar-refractivity contribution is -0.120. The molecule has 2 unspecified atom stereocenters. The highest BCUT2D eigenvalue weighted by molar-refractivity contribution is 5.78. The molecule has 1 saturated carbocycles. The number of aliphatic hydroxyl groups is 1. The average Bonchev–Trinajstić information content (AvgIpc) is 2.45. The van der Waals surface area contributed by atoms with Crippen LogP contribution in [-0.2, 0) is 11.2 Å². The van der Waals surface area contributed by atoms with E-state index < -0.39 is 6.61 Å². The highest BCUT2D eigenvalue weighted by Crippen LogP contribution is 2.23. The molecule has 22 heavy (non-hydrogen) atoms. The maximum Gasteiger partial charge on any atom is 0.387 e. The number of alkyl halides is 2. The van der Waals surface area contributed by atoms with Gasteiger partial charge in [-0.25, -0.2) is 0 Å². The van der Waals surface area contributed by atoms with Crippen LogP contribution in [0.25, 0.3) is 0 Å². The van der Waals surface area contributed by atoms with Crippen molar-refractivity contribution >= 4 is 5.91 Å². The summed E-state index contributed by atoms with van der Waals surface area (Å²) in [6.07, 6.45) is 3.40. The Labute approximate surface area is 128 Å². The van der Waals surface area contributed by atoms with Crippen molar-refractivity contribution < 1.29 is 23.4 Å². The van der Waals surface area contributed by atoms with E-state index >= 15 is 0 Å². The summed E-state index contributed by atoms with van der Waals surface area (Å²) in [5.41, 5.74) is 0.624. The van der Waals surface area contributed by atoms with Crippen molar-refractivity contribution in [3.8, 4) is 5.75 Å². The molecule has 0 aliphatic heterocycles. The molecule has 6 heteroatoms. The molecule has 2 N–H and O–H groups in total. The molecule has 2 rings (SSSR count). The Hall–Kier alpha value is -1.69. The monoisotopic (exact) mass is 313 g/mol. The number of amides is 1. The second kappa shape index (κ2) is 8.08. The number of aliphatic hydroxyl groups excluding tert-OH is 1. The highest BCUT2D eigenvalue weighted by Gasteiger charge is 2.20. The number of hydrogen-bond donors (Lipinski definition) is 2. The Morgan fingerprint density at radius 2 is 2.23 bits per heavy atom. The first-order chi connectivity index (χ1) is 10.5. The van der Waals surface area contributed by atoms with Gasteiger partial charge >= 0.3 is 6.61 Å². The molecular weight excluding hydrogens is 292 g/mol. The van der Waals surface area contributed by atoms with E-state index in [4.69, 9.17) is 0 Å². The third kappa shape index (κ3) is 5.60. The zero-order valence-electron chi connectivity index (χ0n) is 12.3. The summed E-state index contributed by atoms with van der Waals surface area (Å²) >= 11 is 0. The van der Waals surface area contributed by atoms with Crippen LogP contribution < -0.4 is 10.1 Å². The van der Waals surface area contributed by atoms with Crippen LogP contribution in [0.5, 0.6) is 5.75 Å². The van der Waals surface area contributed by atoms with E-state index in [0.717, 1.165) is 25.7 Å². The van der Waals surface area contributed by atoms with E-state index in [2.05, 4.69) is 10.1 Å². The number of carbonyl (C=O) groups is 1. The third-order valence-corrected chi connectivity index (χ3v) is 3.83. The number of halogens is 2. The second-order valence-electron chi connectivity index (χ2n) is 5.69. The van der Waals surface area contributed by atoms with Crippen LogP contribution >= 0.6 is 0 Å². The van der Waals surface area contributed by atoms with Crippen LogP contribution in [0.3, 0.4) is 0 Å². The van der Waals surface area contributed by atoms with Gasteiger partial charge in [-0.2, -0.15) is 8.78 Å². The van der Waals surface area contributed by atoms with Crippen molar-refractivity contribution in [1.29, 1.82) is 0 Å². The number of hydrogen-bond acceptors (Lipinski definition) is 3. The molecule has 1 aromatic carbocycles. The number of carbonyl (C=O) groups excluding carboxylic acids is 1. The second-order valence-corrected chi connectivity index (χ2v) is 5.69. The van der Waals surface area contributed by atoms with Gasteiger partial charge in [-0.15, -0.1) is 0 Å². The Bertz CT molecular complexity index is 496. The molecule has 2 atom stereocenters. The Kier molecular flexibility index (Phi) is 6.12. The van der Waals surface area contributed by atoms with Gasteiger partial charge in [0.2, 0.25) is 5.91 Å². The minimum Gasteiger partial charge on any atom is -0.435 e. The number of rotatable bonds is 6. The lowest BCUT2D eigenvalue weighted by Crippen LogP contribution is -2.33. The molecule has 4 nitrogen and oxygen atoms in total. The van der Waals surface area contributed by atoms with E-state index in [9.17, 15) is 18.7 Å². The zero-order valence-corrected chi connectivity index (χ0v) is 12.3. The van der Waals surface area contributed by atoms with Crippen molar-refractivity contribution in [2.45, 2.75) is 44.8 Å². The zero-order chi connectivity index (χ0) is 15.9. The van der Waals surface area contributed by atoms with E-state index in [1.165, 1.54) is 12.1 Å². The van der Waals surface area contributed by atoms with Gasteiger partial charge in [0.25, 0.3) is 0 Å². The van der Waals surface area contributed by atoms with Gasteiger partial charge in [0, 0.05) is 6.54 Å². The summed E-state index contributed by atoms with van der Waals surface area (Å²) in [5, 5.41) is 12.4. The maximum atomic E-state index is 12.2. The largest absolute Gasteiger partial charge is 0.435 e. The first-order valence-corrected chi connectivity index (χ1v) is 7.51. The number of benzene rings is 1. The number of nitrogens with one attached hydrogen (secondary N) is 1. The fourth-order valence-electron chi connectivity index (χ4n) is 2.79. The molecule has 0 saturated heterocycles. The fourth-order valence-corrected chi connectivity index (χ4v) is 2.79. The summed E-state index contributed by atoms with van der Waals surface area (Å²) in [4.78, 5) is 11.9. The normalized spacial score (nSPS) is 21.6. The number of ether oxygens (including phenoxy) is 1. The third-order valence-electron chi connectivity index (χ3n) is 3.83. The molecule has 1 aliphatic carbocycles. The summed E-state index contributed by atoms with van der Waals surface area (Å²) in [6.45, 7) is -2.33. The predicted octanol–water partition coefficient (Wildman–Crippen LogP) is 2.50. The minimum absolute atomic E-state index is 0.0516. The molecule has 1 fully saturated rings. The van der Waals surface area contributed by atoms with Crippen LogP contribution in [0.4, 0.5) is 8.78 Å². The van der Waals surface area contributed by atoms with E-state index in [1.54, 1.807) is 12.1 Å². The van der Waals surface area contributed by atoms with Crippen LogP contribution in [0.2, 0.25) is 0 Å². The summed E-state index contributed by atoms with van der Waals surface area (Å²) < 4.78 is 28.6. The predicted molar refractivity (Wildman–Crippen MR) is 77.8 cm³/mol. The summed E-state index contributed by atoms with van der Waals surface area (Å²) in [5.74, 6) is 0.200. The van der Waals surface area contributed by atoms with Crippen LogP contribution in [0.1, 0.15) is 31.2 Å². The standard InChI is InChI=1S/C16H21F2NO3/c17-16(18)22-14-6-2-3-11(8-14)9-15(21)19-10-12-4-1-5-13(20)7-12/h2-3,6,8,12-13,16,20H,1,4-5,7,9-10H2,(H,19,21). The minimum atomic E-state index is -2.87. The van der Waals surface area contributed by atoms with Crippen molar-refractivity contribution in [3.63, 3.8) is 0 Å². The van der Waals surface area contributed by atoms with Gasteiger partial charge < -0.3 is 15.2 Å². The Morgan fingerprint density at radius 1 is 1.41 bits per heavy atom. The molecule has 1 aliphatic rings. The highest BCUT2D eigenvalue weighted by atomic mass is 19.3. The summed E-state index contributed by atoms with van der Waals surface area (Å²) in [7, 11) is 0. The smallest absolute Gasteiger partial charge is 0.387 e. The molecule has 122 valence electrons. The topological polar surface area (TPSA) is 58.6 Å². The molecule has 0 bridgehead atoms. The quantitative estimate of drug-likeness (QED) is 0.848. The van der Waals surface area contributed by atoms with Crippen LogP contribution in [-0.4, -0.2) is 30.3 Å². The average molecular weight is 313 g/mol.